The smallest absolute Gasteiger partial charge is 0.249 e. The van der Waals surface area contributed by atoms with Crippen molar-refractivity contribution in [2.24, 2.45) is 0 Å². The molecule has 0 aliphatic heterocycles. The fourth-order valence-electron chi connectivity index (χ4n) is 1.21. The molecule has 4 heteroatoms. The van der Waals surface area contributed by atoms with Crippen LogP contribution >= 0.6 is 0 Å². The van der Waals surface area contributed by atoms with Gasteiger partial charge in [0, 0.05) is 6.42 Å². The molecule has 0 bridgehead atoms. The molecule has 1 aromatic rings. The highest BCUT2D eigenvalue weighted by Crippen LogP contribution is 2.05. The van der Waals surface area contributed by atoms with Crippen LogP contribution < -0.4 is 10.0 Å². The van der Waals surface area contributed by atoms with Crippen LogP contribution in [0.1, 0.15) is 11.1 Å². The summed E-state index contributed by atoms with van der Waals surface area (Å²) < 4.78 is 0. The molecule has 2 N–H and O–H groups in total. The molecule has 0 fully saturated rings. The Morgan fingerprint density at radius 2 is 1.88 bits per heavy atom. The fraction of sp³-hybridized carbons (Fsp3) is 0.308. The van der Waals surface area contributed by atoms with E-state index in [2.05, 4.69) is 44.9 Å². The van der Waals surface area contributed by atoms with E-state index in [1.807, 2.05) is 6.08 Å². The lowest BCUT2D eigenvalue weighted by Gasteiger charge is -2.06. The van der Waals surface area contributed by atoms with Gasteiger partial charge in [0.05, 0.1) is 20.6 Å². The first kappa shape index (κ1) is 15.2. The van der Waals surface area contributed by atoms with Crippen LogP contribution in [0.3, 0.4) is 0 Å². The fourth-order valence-corrected chi connectivity index (χ4v) is 1.21. The third-order valence-corrected chi connectivity index (χ3v) is 2.13. The number of hydrogen-bond acceptors (Lipinski definition) is 2. The number of quaternary nitrogens is 1. The molecule has 0 saturated heterocycles. The highest BCUT2D eigenvalue weighted by atomic mass is 16.6. The first-order valence-electron chi connectivity index (χ1n) is 5.36. The third-order valence-electron chi connectivity index (χ3n) is 2.13. The van der Waals surface area contributed by atoms with Crippen molar-refractivity contribution in [1.82, 2.24) is 0 Å². The van der Waals surface area contributed by atoms with E-state index in [1.165, 1.54) is 22.6 Å². The van der Waals surface area contributed by atoms with Gasteiger partial charge in [0.25, 0.3) is 0 Å². The lowest BCUT2D eigenvalue weighted by molar-refractivity contribution is -0.858. The predicted molar refractivity (Wildman–Crippen MR) is 65.9 cm³/mol. The van der Waals surface area contributed by atoms with Gasteiger partial charge in [-0.1, -0.05) is 36.9 Å². The molecule has 0 saturated carbocycles. The largest absolute Gasteiger partial charge is 0.565 e. The van der Waals surface area contributed by atoms with Crippen molar-refractivity contribution in [3.63, 3.8) is 0 Å². The summed E-state index contributed by atoms with van der Waals surface area (Å²) >= 11 is 0. The molecule has 0 spiro atoms. The van der Waals surface area contributed by atoms with Gasteiger partial charge in [-0.2, -0.15) is 0 Å². The number of benzene rings is 1. The molecule has 4 nitrogen and oxygen atoms in total. The summed E-state index contributed by atoms with van der Waals surface area (Å²) in [5.74, 6) is 0. The molecular formula is C13H19NO3. The zero-order valence-electron chi connectivity index (χ0n) is 10.3. The Kier molecular flexibility index (Phi) is 7.46. The summed E-state index contributed by atoms with van der Waals surface area (Å²) in [7, 11) is 4.36. The van der Waals surface area contributed by atoms with Gasteiger partial charge in [-0.15, -0.1) is 0 Å². The van der Waals surface area contributed by atoms with Crippen molar-refractivity contribution in [2.75, 3.05) is 20.6 Å². The van der Waals surface area contributed by atoms with Crippen LogP contribution in [0.2, 0.25) is 0 Å². The maximum atomic E-state index is 8.44. The van der Waals surface area contributed by atoms with E-state index in [9.17, 15) is 0 Å². The summed E-state index contributed by atoms with van der Waals surface area (Å²) in [6.45, 7) is 4.92. The van der Waals surface area contributed by atoms with Crippen LogP contribution in [0.25, 0.3) is 6.08 Å². The van der Waals surface area contributed by atoms with E-state index in [0.717, 1.165) is 6.42 Å². The Hall–Kier alpha value is -1.81. The maximum absolute atomic E-state index is 8.44. The molecule has 0 aromatic heterocycles. The molecule has 94 valence electrons. The van der Waals surface area contributed by atoms with Crippen molar-refractivity contribution in [3.8, 4) is 0 Å². The zero-order valence-corrected chi connectivity index (χ0v) is 10.3. The van der Waals surface area contributed by atoms with E-state index in [4.69, 9.17) is 15.0 Å². The third kappa shape index (κ3) is 9.14. The Morgan fingerprint density at radius 3 is 2.24 bits per heavy atom. The van der Waals surface area contributed by atoms with Crippen LogP contribution in [0.5, 0.6) is 0 Å². The van der Waals surface area contributed by atoms with Crippen LogP contribution in [-0.4, -0.2) is 31.9 Å². The normalized spacial score (nSPS) is 9.35. The molecule has 0 unspecified atom stereocenters. The molecule has 17 heavy (non-hydrogen) atoms. The van der Waals surface area contributed by atoms with E-state index in [1.54, 1.807) is 0 Å². The minimum absolute atomic E-state index is 1.15. The average molecular weight is 237 g/mol. The monoisotopic (exact) mass is 237 g/mol. The maximum Gasteiger partial charge on any atom is 0.249 e. The average Bonchev–Trinajstić information content (AvgIpc) is 2.26. The van der Waals surface area contributed by atoms with E-state index in [0.29, 0.717) is 0 Å². The van der Waals surface area contributed by atoms with Gasteiger partial charge < -0.3 is 19.9 Å². The zero-order chi connectivity index (χ0) is 13.3. The number of likely N-dealkylation sites (N-methyl/N-ethyl adjacent to an activating group) is 1. The van der Waals surface area contributed by atoms with Crippen molar-refractivity contribution >= 4 is 12.2 Å². The van der Waals surface area contributed by atoms with Crippen molar-refractivity contribution in [2.45, 2.75) is 6.42 Å². The highest BCUT2D eigenvalue weighted by Gasteiger charge is 1.96. The number of carbonyl (C=O) groups is 1. The molecule has 1 aromatic carbocycles. The standard InChI is InChI=1S/C12H17N.CH2O3/c1-4-11-5-7-12(8-6-11)9-10-13(2)3;2-1(3)4/h4-8H,1,9-10H2,2-3H3;(H2,2,3,4). The molecule has 0 radical (unpaired) electrons. The molecule has 1 rings (SSSR count). The van der Waals surface area contributed by atoms with Crippen LogP contribution in [0.15, 0.2) is 30.8 Å². The summed E-state index contributed by atoms with van der Waals surface area (Å²) in [5.41, 5.74) is 2.60. The van der Waals surface area contributed by atoms with Crippen molar-refractivity contribution in [1.29, 1.82) is 0 Å². The lowest BCUT2D eigenvalue weighted by Crippen LogP contribution is -3.05. The molecular weight excluding hydrogens is 218 g/mol. The van der Waals surface area contributed by atoms with Gasteiger partial charge in [-0.25, -0.2) is 0 Å². The van der Waals surface area contributed by atoms with Gasteiger partial charge in [0.2, 0.25) is 6.16 Å². The quantitative estimate of drug-likeness (QED) is 0.769. The Labute approximate surface area is 102 Å². The Bertz CT molecular complexity index is 340. The summed E-state index contributed by atoms with van der Waals surface area (Å²) in [6.07, 6.45) is 0.945. The van der Waals surface area contributed by atoms with E-state index >= 15 is 0 Å². The first-order chi connectivity index (χ1) is 7.95. The Balaban J connectivity index is 0.000000557. The highest BCUT2D eigenvalue weighted by molar-refractivity contribution is 5.50. The van der Waals surface area contributed by atoms with Gasteiger partial charge in [0.1, 0.15) is 0 Å². The van der Waals surface area contributed by atoms with E-state index in [-0.39, 0.29) is 0 Å². The second-order valence-corrected chi connectivity index (χ2v) is 3.92. The van der Waals surface area contributed by atoms with Crippen molar-refractivity contribution in [3.05, 3.63) is 42.0 Å². The first-order valence-corrected chi connectivity index (χ1v) is 5.36. The summed E-state index contributed by atoms with van der Waals surface area (Å²) in [5, 5.41) is 15.3. The second-order valence-electron chi connectivity index (χ2n) is 3.92. The molecule has 0 heterocycles. The summed E-state index contributed by atoms with van der Waals surface area (Å²) in [4.78, 5) is 9.94. The number of carboxylic acid groups (broad SMARTS) is 2. The van der Waals surface area contributed by atoms with Gasteiger partial charge in [-0.05, 0) is 11.1 Å². The van der Waals surface area contributed by atoms with Gasteiger partial charge in [-0.3, -0.25) is 0 Å². The van der Waals surface area contributed by atoms with Crippen LogP contribution in [0.4, 0.5) is 4.79 Å². The Morgan fingerprint density at radius 1 is 1.41 bits per heavy atom. The lowest BCUT2D eigenvalue weighted by atomic mass is 10.1. The number of rotatable bonds is 4. The van der Waals surface area contributed by atoms with Crippen LogP contribution in [0, 0.1) is 0 Å². The number of hydrogen-bond donors (Lipinski definition) is 2. The predicted octanol–water partition coefficient (Wildman–Crippen LogP) is -0.0957. The minimum atomic E-state index is -2.08. The molecule has 0 aliphatic carbocycles. The molecule has 0 aliphatic rings. The summed E-state index contributed by atoms with van der Waals surface area (Å²) in [6, 6.07) is 8.60. The topological polar surface area (TPSA) is 64.8 Å². The van der Waals surface area contributed by atoms with Crippen molar-refractivity contribution < 1.29 is 19.9 Å². The van der Waals surface area contributed by atoms with Gasteiger partial charge in [0.15, 0.2) is 0 Å². The van der Waals surface area contributed by atoms with Crippen LogP contribution in [-0.2, 0) is 6.42 Å². The second kappa shape index (κ2) is 8.35. The molecule has 0 atom stereocenters. The minimum Gasteiger partial charge on any atom is -0.565 e. The molecule has 0 amide bonds. The number of nitrogens with one attached hydrogen (secondary N) is 1. The SMILES string of the molecule is C=Cc1ccc(CC[NH+](C)C)cc1.O=C([O-])O. The van der Waals surface area contributed by atoms with E-state index < -0.39 is 6.16 Å². The van der Waals surface area contributed by atoms with Gasteiger partial charge >= 0.3 is 0 Å².